The van der Waals surface area contributed by atoms with E-state index >= 15 is 0 Å². The highest BCUT2D eigenvalue weighted by Crippen LogP contribution is 2.37. The topological polar surface area (TPSA) is 212 Å². The maximum atomic E-state index is 12.7. The van der Waals surface area contributed by atoms with Gasteiger partial charge in [0.15, 0.2) is 6.29 Å². The van der Waals surface area contributed by atoms with Crippen LogP contribution in [0.3, 0.4) is 0 Å². The number of aliphatic imine (C=N–C) groups is 1. The van der Waals surface area contributed by atoms with Gasteiger partial charge in [0.2, 0.25) is 29.5 Å². The van der Waals surface area contributed by atoms with E-state index < -0.39 is 0 Å². The number of H-pyrrole nitrogens is 1. The molecule has 0 bridgehead atoms. The number of allylic oxidation sites excluding steroid dienone is 2. The van der Waals surface area contributed by atoms with Crippen LogP contribution in [0.4, 0.5) is 0 Å². The van der Waals surface area contributed by atoms with Crippen molar-refractivity contribution in [1.29, 1.82) is 0 Å². The molecule has 0 aliphatic carbocycles. The Bertz CT molecular complexity index is 3400. The normalized spacial score (nSPS) is 20.7. The predicted octanol–water partition coefficient (Wildman–Crippen LogP) is 7.85. The molecule has 2 unspecified atom stereocenters. The summed E-state index contributed by atoms with van der Waals surface area (Å²) in [5.41, 5.74) is 17.6. The number of imidazole rings is 1. The van der Waals surface area contributed by atoms with Crippen LogP contribution in [0.25, 0.3) is 28.2 Å². The molecule has 448 valence electrons. The summed E-state index contributed by atoms with van der Waals surface area (Å²) in [4.78, 5) is 78.8. The number of aromatic nitrogens is 2. The van der Waals surface area contributed by atoms with E-state index in [2.05, 4.69) is 75.8 Å². The molecule has 9 heterocycles. The molecule has 1 aromatic heterocycles. The zero-order chi connectivity index (χ0) is 61.2. The van der Waals surface area contributed by atoms with Crippen molar-refractivity contribution >= 4 is 63.6 Å². The second-order valence-corrected chi connectivity index (χ2v) is 21.9. The Morgan fingerprint density at radius 3 is 1.60 bits per heavy atom. The third-order valence-electron chi connectivity index (χ3n) is 15.9. The van der Waals surface area contributed by atoms with Gasteiger partial charge in [0.05, 0.1) is 85.2 Å². The van der Waals surface area contributed by atoms with Gasteiger partial charge in [-0.1, -0.05) is 85.5 Å². The molecule has 0 radical (unpaired) electrons. The van der Waals surface area contributed by atoms with Gasteiger partial charge in [-0.15, -0.1) is 0 Å². The summed E-state index contributed by atoms with van der Waals surface area (Å²) in [6.45, 7) is 30.7. The molecule has 19 heteroatoms. The number of ether oxygens (including phenoxy) is 4. The van der Waals surface area contributed by atoms with E-state index in [4.69, 9.17) is 18.9 Å². The number of benzene rings is 3. The molecule has 1 saturated heterocycles. The molecule has 1 fully saturated rings. The molecular weight excluding hydrogens is 1080 g/mol. The molecule has 12 rings (SSSR count). The Hall–Kier alpha value is -8.49. The van der Waals surface area contributed by atoms with Crippen molar-refractivity contribution in [3.05, 3.63) is 178 Å². The number of fused-ring (bicyclic) bond motifs is 9. The van der Waals surface area contributed by atoms with Crippen molar-refractivity contribution in [2.24, 2.45) is 4.99 Å². The fourth-order valence-electron chi connectivity index (χ4n) is 10.9. The van der Waals surface area contributed by atoms with E-state index in [9.17, 15) is 24.0 Å². The Balaban J connectivity index is 0.000000146. The van der Waals surface area contributed by atoms with Crippen LogP contribution in [0, 0.1) is 6.92 Å². The van der Waals surface area contributed by atoms with E-state index in [0.717, 1.165) is 86.9 Å². The number of amidine groups is 1. The Kier molecular flexibility index (Phi) is 20.6. The molecular formula is C66H80N10O9. The van der Waals surface area contributed by atoms with E-state index in [0.29, 0.717) is 32.0 Å². The number of carbonyl (C=O) groups is 5. The molecule has 85 heavy (non-hydrogen) atoms. The summed E-state index contributed by atoms with van der Waals surface area (Å²) >= 11 is 0. The maximum absolute atomic E-state index is 12.7. The summed E-state index contributed by atoms with van der Waals surface area (Å²) in [6.07, 6.45) is 13.3. The van der Waals surface area contributed by atoms with Gasteiger partial charge in [-0.05, 0) is 114 Å². The average molecular weight is 1160 g/mol. The fraction of sp³-hybridized carbons (Fsp3) is 0.379. The quantitative estimate of drug-likeness (QED) is 0.130. The number of hydrogen-bond acceptors (Lipinski definition) is 13. The largest absolute Gasteiger partial charge is 0.375 e. The van der Waals surface area contributed by atoms with Gasteiger partial charge >= 0.3 is 0 Å². The lowest BCUT2D eigenvalue weighted by Gasteiger charge is -2.32. The van der Waals surface area contributed by atoms with Crippen molar-refractivity contribution in [1.82, 2.24) is 45.5 Å². The molecule has 0 saturated carbocycles. The molecule has 4 atom stereocenters. The highest BCUT2D eigenvalue weighted by Gasteiger charge is 2.34. The predicted molar refractivity (Wildman–Crippen MR) is 330 cm³/mol. The molecule has 4 N–H and O–H groups in total. The van der Waals surface area contributed by atoms with Crippen LogP contribution in [0.1, 0.15) is 110 Å². The van der Waals surface area contributed by atoms with Gasteiger partial charge in [0, 0.05) is 75.0 Å². The minimum Gasteiger partial charge on any atom is -0.375 e. The molecule has 8 aliphatic heterocycles. The van der Waals surface area contributed by atoms with Crippen LogP contribution in [0.15, 0.2) is 128 Å². The van der Waals surface area contributed by atoms with E-state index in [1.54, 1.807) is 36.5 Å². The number of nitrogens with one attached hydrogen (secondary N) is 4. The number of nitrogens with zero attached hydrogens (tertiary/aromatic N) is 6. The van der Waals surface area contributed by atoms with Crippen molar-refractivity contribution in [2.75, 3.05) is 60.2 Å². The van der Waals surface area contributed by atoms with Crippen LogP contribution in [0.2, 0.25) is 0 Å². The minimum atomic E-state index is -0.218. The van der Waals surface area contributed by atoms with E-state index in [-0.39, 0.29) is 79.9 Å². The van der Waals surface area contributed by atoms with E-state index in [1.165, 1.54) is 40.0 Å². The first kappa shape index (κ1) is 62.6. The number of methoxy groups -OCH3 is 2. The van der Waals surface area contributed by atoms with Crippen LogP contribution in [-0.2, 0) is 62.2 Å². The van der Waals surface area contributed by atoms with Gasteiger partial charge in [-0.25, -0.2) is 4.98 Å². The SMILES string of the molecule is C=C(C)C1OC(C)C(C)O1.C=C(C)c1cccc2c1CCN1C(=O)CN=C(N3C=C([C@@H](C)OC)NC3)C=C21.C=C(C)c1cccc2c1CCN1C(=O)CNC(=O)C=C21.CO[C@H](C)c1cnc[nH]1.Cc1cccc2c1CCN1C(=O)CNC(=O)C=C21. The summed E-state index contributed by atoms with van der Waals surface area (Å²) in [5, 5.41) is 8.53. The zero-order valence-corrected chi connectivity index (χ0v) is 50.6. The summed E-state index contributed by atoms with van der Waals surface area (Å²) in [6, 6.07) is 18.2. The van der Waals surface area contributed by atoms with Crippen LogP contribution >= 0.6 is 0 Å². The molecule has 0 spiro atoms. The fourth-order valence-corrected chi connectivity index (χ4v) is 10.9. The van der Waals surface area contributed by atoms with E-state index in [1.807, 2.05) is 107 Å². The van der Waals surface area contributed by atoms with Crippen molar-refractivity contribution in [2.45, 2.75) is 105 Å². The van der Waals surface area contributed by atoms with Gasteiger partial charge in [0.25, 0.3) is 0 Å². The number of aryl methyl sites for hydroxylation is 1. The first-order valence-corrected chi connectivity index (χ1v) is 28.7. The number of carbonyl (C=O) groups excluding carboxylic acids is 5. The standard InChI is InChI=1S/C22H26N4O2.C16H16N2O2.C14H14N2O2.C8H14O2.C6H10N2O/c1-14(2)16-6-5-7-18-17(16)8-9-26-20(18)10-21(23-11-22(26)27)25-12-19(24-13-25)15(3)28-4;1-10(2)11-4-3-5-13-12(11)6-7-18-14(13)8-15(19)17-9-16(18)20;1-9-3-2-4-11-10(9)5-6-16-12(11)7-13(17)15-8-14(16)18;1-5(2)8-9-6(3)7(4)10-8;1-5(9-2)6-3-7-4-8-6/h5-7,10,12,15,24H,1,8-9,11,13H2,2-4H3;3-5,8H,1,6-7,9H2,2H3,(H,17,19);2-4,7H,5-6,8H2,1H3,(H,15,17);6-8H,1H2,2-4H3;3-5H,1-2H3,(H,7,8)/t15-;;;;5-/m1...1/s1. The maximum Gasteiger partial charge on any atom is 0.248 e. The summed E-state index contributed by atoms with van der Waals surface area (Å²) in [5.74, 6) is 0.298. The number of amides is 5. The van der Waals surface area contributed by atoms with Gasteiger partial charge < -0.3 is 59.5 Å². The van der Waals surface area contributed by atoms with Gasteiger partial charge in [-0.3, -0.25) is 29.0 Å². The molecule has 4 aromatic rings. The number of rotatable bonds is 7. The van der Waals surface area contributed by atoms with Crippen molar-refractivity contribution in [3.8, 4) is 0 Å². The molecule has 3 aromatic carbocycles. The number of aromatic amines is 1. The van der Waals surface area contributed by atoms with Crippen LogP contribution < -0.4 is 16.0 Å². The zero-order valence-electron chi connectivity index (χ0n) is 50.6. The van der Waals surface area contributed by atoms with Crippen molar-refractivity contribution < 1.29 is 42.9 Å². The Morgan fingerprint density at radius 1 is 0.647 bits per heavy atom. The lowest BCUT2D eigenvalue weighted by atomic mass is 9.89. The molecule has 5 amide bonds. The minimum absolute atomic E-state index is 0.0179. The third kappa shape index (κ3) is 14.5. The smallest absolute Gasteiger partial charge is 0.248 e. The average Bonchev–Trinajstić information content (AvgIpc) is 4.18. The molecule has 8 aliphatic rings. The van der Waals surface area contributed by atoms with Crippen LogP contribution in [-0.4, -0.2) is 150 Å². The second kappa shape index (κ2) is 27.9. The first-order valence-electron chi connectivity index (χ1n) is 28.7. The first-order chi connectivity index (χ1) is 40.7. The van der Waals surface area contributed by atoms with Crippen LogP contribution in [0.5, 0.6) is 0 Å². The monoisotopic (exact) mass is 1160 g/mol. The summed E-state index contributed by atoms with van der Waals surface area (Å²) in [7, 11) is 3.36. The van der Waals surface area contributed by atoms with Gasteiger partial charge in [-0.2, -0.15) is 0 Å². The Morgan fingerprint density at radius 2 is 1.13 bits per heavy atom. The third-order valence-corrected chi connectivity index (χ3v) is 15.9. The highest BCUT2D eigenvalue weighted by molar-refractivity contribution is 6.07. The highest BCUT2D eigenvalue weighted by atomic mass is 16.7. The summed E-state index contributed by atoms with van der Waals surface area (Å²) < 4.78 is 21.2. The lowest BCUT2D eigenvalue weighted by Crippen LogP contribution is -2.38. The van der Waals surface area contributed by atoms with Crippen molar-refractivity contribution in [3.63, 3.8) is 0 Å². The molecule has 19 nitrogen and oxygen atoms in total. The number of hydrogen-bond donors (Lipinski definition) is 4. The van der Waals surface area contributed by atoms with Gasteiger partial charge in [0.1, 0.15) is 12.4 Å². The second-order valence-electron chi connectivity index (χ2n) is 21.9. The Labute approximate surface area is 498 Å². The lowest BCUT2D eigenvalue weighted by molar-refractivity contribution is -0.128.